The van der Waals surface area contributed by atoms with E-state index >= 15 is 0 Å². The van der Waals surface area contributed by atoms with E-state index in [0.29, 0.717) is 12.3 Å². The summed E-state index contributed by atoms with van der Waals surface area (Å²) in [5, 5.41) is 7.90. The molecule has 0 atom stereocenters. The smallest absolute Gasteiger partial charge is 0.255 e. The van der Waals surface area contributed by atoms with Crippen LogP contribution in [0.2, 0.25) is 0 Å². The lowest BCUT2D eigenvalue weighted by Gasteiger charge is -2.11. The van der Waals surface area contributed by atoms with E-state index in [4.69, 9.17) is 10.5 Å². The zero-order valence-corrected chi connectivity index (χ0v) is 16.6. The number of aromatic nitrogens is 1. The van der Waals surface area contributed by atoms with Crippen LogP contribution in [0.3, 0.4) is 0 Å². The Balaban J connectivity index is 1.57. The second-order valence-corrected chi connectivity index (χ2v) is 6.63. The third kappa shape index (κ3) is 6.00. The first-order chi connectivity index (χ1) is 14.2. The fourth-order valence-electron chi connectivity index (χ4n) is 3.05. The van der Waals surface area contributed by atoms with Crippen molar-refractivity contribution in [3.63, 3.8) is 0 Å². The molecule has 7 nitrogen and oxygen atoms in total. The van der Waals surface area contributed by atoms with Crippen molar-refractivity contribution in [3.05, 3.63) is 65.9 Å². The van der Waals surface area contributed by atoms with Crippen LogP contribution in [0.5, 0.6) is 5.75 Å². The maximum absolute atomic E-state index is 10.9. The number of nitrogens with two attached hydrogens (primary N) is 1. The zero-order chi connectivity index (χ0) is 20.5. The molecule has 1 amide bonds. The summed E-state index contributed by atoms with van der Waals surface area (Å²) in [5.74, 6) is 0.867. The molecule has 0 unspecified atom stereocenters. The Hall–Kier alpha value is -3.48. The van der Waals surface area contributed by atoms with Crippen molar-refractivity contribution in [3.8, 4) is 5.75 Å². The molecular weight excluding hydrogens is 366 g/mol. The molecule has 3 aromatic rings. The molecule has 3 rings (SSSR count). The molecule has 5 N–H and O–H groups in total. The summed E-state index contributed by atoms with van der Waals surface area (Å²) in [6.45, 7) is 3.95. The predicted octanol–water partition coefficient (Wildman–Crippen LogP) is 2.33. The van der Waals surface area contributed by atoms with Crippen molar-refractivity contribution in [1.82, 2.24) is 15.6 Å². The number of carbonyl (C=O) groups excluding carboxylic acids is 1. The fourth-order valence-corrected chi connectivity index (χ4v) is 3.05. The molecule has 0 aliphatic rings. The van der Waals surface area contributed by atoms with Gasteiger partial charge in [0.2, 0.25) is 0 Å². The van der Waals surface area contributed by atoms with Gasteiger partial charge in [0.05, 0.1) is 6.54 Å². The number of carbonyl (C=O) groups is 1. The number of rotatable bonds is 9. The molecule has 0 bridgehead atoms. The normalized spacial score (nSPS) is 11.4. The summed E-state index contributed by atoms with van der Waals surface area (Å²) in [6.07, 6.45) is 2.96. The van der Waals surface area contributed by atoms with Crippen molar-refractivity contribution in [2.24, 2.45) is 10.7 Å². The Morgan fingerprint density at radius 2 is 2.03 bits per heavy atom. The largest absolute Gasteiger partial charge is 0.484 e. The quantitative estimate of drug-likeness (QED) is 0.331. The fraction of sp³-hybridized carbons (Fsp3) is 0.273. The van der Waals surface area contributed by atoms with Crippen LogP contribution in [-0.2, 0) is 17.8 Å². The van der Waals surface area contributed by atoms with Crippen LogP contribution in [0.4, 0.5) is 0 Å². The van der Waals surface area contributed by atoms with Gasteiger partial charge in [0.25, 0.3) is 5.91 Å². The highest BCUT2D eigenvalue weighted by atomic mass is 16.5. The Kier molecular flexibility index (Phi) is 7.10. The third-order valence-corrected chi connectivity index (χ3v) is 4.41. The third-order valence-electron chi connectivity index (χ3n) is 4.41. The van der Waals surface area contributed by atoms with Crippen LogP contribution in [-0.4, -0.2) is 36.5 Å². The number of H-pyrrole nitrogens is 1. The average molecular weight is 393 g/mol. The lowest BCUT2D eigenvalue weighted by atomic mass is 10.1. The molecule has 1 aromatic heterocycles. The number of hydrogen-bond acceptors (Lipinski definition) is 3. The van der Waals surface area contributed by atoms with E-state index in [0.717, 1.165) is 36.6 Å². The number of aromatic amines is 1. The number of aliphatic imine (C=N–C) groups is 1. The number of guanidine groups is 1. The van der Waals surface area contributed by atoms with E-state index in [1.807, 2.05) is 31.2 Å². The molecule has 0 saturated heterocycles. The summed E-state index contributed by atoms with van der Waals surface area (Å²) in [4.78, 5) is 18.8. The second kappa shape index (κ2) is 10.2. The van der Waals surface area contributed by atoms with Crippen LogP contribution in [0.15, 0.2) is 59.7 Å². The first kappa shape index (κ1) is 20.3. The second-order valence-electron chi connectivity index (χ2n) is 6.63. The topological polar surface area (TPSA) is 105 Å². The Morgan fingerprint density at radius 3 is 2.86 bits per heavy atom. The van der Waals surface area contributed by atoms with Crippen molar-refractivity contribution in [2.45, 2.75) is 19.9 Å². The number of nitrogens with one attached hydrogen (secondary N) is 3. The van der Waals surface area contributed by atoms with Crippen LogP contribution < -0.4 is 21.1 Å². The lowest BCUT2D eigenvalue weighted by molar-refractivity contribution is -0.119. The highest BCUT2D eigenvalue weighted by Gasteiger charge is 2.04. The van der Waals surface area contributed by atoms with Gasteiger partial charge in [0, 0.05) is 30.2 Å². The maximum atomic E-state index is 10.9. The Morgan fingerprint density at radius 1 is 1.17 bits per heavy atom. The molecule has 1 heterocycles. The number of nitrogens with zero attached hydrogens (tertiary/aromatic N) is 1. The zero-order valence-electron chi connectivity index (χ0n) is 16.6. The number of fused-ring (bicyclic) bond motifs is 1. The molecule has 0 spiro atoms. The first-order valence-corrected chi connectivity index (χ1v) is 9.73. The number of amides is 1. The van der Waals surface area contributed by atoms with E-state index in [1.54, 1.807) is 6.07 Å². The minimum absolute atomic E-state index is 0.134. The number of benzene rings is 2. The van der Waals surface area contributed by atoms with Gasteiger partial charge >= 0.3 is 0 Å². The van der Waals surface area contributed by atoms with Crippen molar-refractivity contribution < 1.29 is 9.53 Å². The molecule has 29 heavy (non-hydrogen) atoms. The monoisotopic (exact) mass is 393 g/mol. The first-order valence-electron chi connectivity index (χ1n) is 9.73. The van der Waals surface area contributed by atoms with Gasteiger partial charge in [-0.15, -0.1) is 0 Å². The number of para-hydroxylation sites is 1. The number of ether oxygens (including phenoxy) is 1. The average Bonchev–Trinajstić information content (AvgIpc) is 3.14. The van der Waals surface area contributed by atoms with Gasteiger partial charge < -0.3 is 26.1 Å². The molecule has 2 aromatic carbocycles. The minimum atomic E-state index is -0.498. The Bertz CT molecular complexity index is 980. The van der Waals surface area contributed by atoms with Gasteiger partial charge in [0.1, 0.15) is 5.75 Å². The van der Waals surface area contributed by atoms with Gasteiger partial charge in [0.15, 0.2) is 12.6 Å². The standard InChI is InChI=1S/C22H27N5O2/c1-2-24-22(25-11-10-17-14-26-20-9-4-3-8-19(17)20)27-13-16-6-5-7-18(12-16)29-15-21(23)28/h3-9,12,14,26H,2,10-11,13,15H2,1H3,(H2,23,28)(H2,24,25,27). The number of hydrogen-bond donors (Lipinski definition) is 4. The van der Waals surface area contributed by atoms with Crippen molar-refractivity contribution in [2.75, 3.05) is 19.7 Å². The van der Waals surface area contributed by atoms with E-state index in [-0.39, 0.29) is 6.61 Å². The summed E-state index contributed by atoms with van der Waals surface area (Å²) in [5.41, 5.74) is 8.54. The molecule has 0 fully saturated rings. The molecule has 0 saturated carbocycles. The highest BCUT2D eigenvalue weighted by molar-refractivity contribution is 5.83. The minimum Gasteiger partial charge on any atom is -0.484 e. The summed E-state index contributed by atoms with van der Waals surface area (Å²) >= 11 is 0. The van der Waals surface area contributed by atoms with Gasteiger partial charge in [-0.2, -0.15) is 0 Å². The van der Waals surface area contributed by atoms with E-state index in [9.17, 15) is 4.79 Å². The van der Waals surface area contributed by atoms with Gasteiger partial charge in [-0.05, 0) is 42.7 Å². The molecule has 7 heteroatoms. The Labute approximate surface area is 170 Å². The summed E-state index contributed by atoms with van der Waals surface area (Å²) in [7, 11) is 0. The summed E-state index contributed by atoms with van der Waals surface area (Å²) in [6, 6.07) is 15.8. The molecule has 0 radical (unpaired) electrons. The van der Waals surface area contributed by atoms with Gasteiger partial charge in [-0.25, -0.2) is 4.99 Å². The molecule has 0 aliphatic heterocycles. The number of primary amides is 1. The highest BCUT2D eigenvalue weighted by Crippen LogP contribution is 2.17. The maximum Gasteiger partial charge on any atom is 0.255 e. The van der Waals surface area contributed by atoms with Gasteiger partial charge in [-0.3, -0.25) is 4.79 Å². The van der Waals surface area contributed by atoms with Gasteiger partial charge in [-0.1, -0.05) is 30.3 Å². The lowest BCUT2D eigenvalue weighted by Crippen LogP contribution is -2.38. The molecule has 152 valence electrons. The van der Waals surface area contributed by atoms with Crippen LogP contribution in [0, 0.1) is 0 Å². The van der Waals surface area contributed by atoms with E-state index in [1.165, 1.54) is 10.9 Å². The molecular formula is C22H27N5O2. The van der Waals surface area contributed by atoms with E-state index in [2.05, 4.69) is 45.0 Å². The predicted molar refractivity (Wildman–Crippen MR) is 116 cm³/mol. The molecule has 0 aliphatic carbocycles. The van der Waals surface area contributed by atoms with Crippen LogP contribution in [0.1, 0.15) is 18.1 Å². The van der Waals surface area contributed by atoms with E-state index < -0.39 is 5.91 Å². The van der Waals surface area contributed by atoms with Crippen molar-refractivity contribution in [1.29, 1.82) is 0 Å². The SMILES string of the molecule is CCNC(=NCc1cccc(OCC(N)=O)c1)NCCc1c[nH]c2ccccc12. The van der Waals surface area contributed by atoms with Crippen LogP contribution in [0.25, 0.3) is 10.9 Å². The van der Waals surface area contributed by atoms with Crippen molar-refractivity contribution >= 4 is 22.8 Å². The summed E-state index contributed by atoms with van der Waals surface area (Å²) < 4.78 is 5.35. The van der Waals surface area contributed by atoms with Crippen LogP contribution >= 0.6 is 0 Å².